The van der Waals surface area contributed by atoms with Crippen molar-refractivity contribution in [2.24, 2.45) is 7.05 Å². The van der Waals surface area contributed by atoms with Gasteiger partial charge < -0.3 is 4.43 Å². The molecular formula is C19H36N2OSi. The van der Waals surface area contributed by atoms with Gasteiger partial charge in [-0.3, -0.25) is 4.68 Å². The van der Waals surface area contributed by atoms with E-state index in [9.17, 15) is 0 Å². The molecule has 0 aromatic carbocycles. The second kappa shape index (κ2) is 7.10. The summed E-state index contributed by atoms with van der Waals surface area (Å²) in [6.45, 7) is 17.2. The Kier molecular flexibility index (Phi) is 5.78. The zero-order valence-electron chi connectivity index (χ0n) is 16.4. The molecule has 0 unspecified atom stereocenters. The fourth-order valence-corrected chi connectivity index (χ4v) is 9.96. The van der Waals surface area contributed by atoms with Gasteiger partial charge >= 0.3 is 0 Å². The van der Waals surface area contributed by atoms with E-state index < -0.39 is 8.32 Å². The highest BCUT2D eigenvalue weighted by molar-refractivity contribution is 6.77. The van der Waals surface area contributed by atoms with Crippen LogP contribution in [0, 0.1) is 6.92 Å². The Morgan fingerprint density at radius 3 is 2.04 bits per heavy atom. The Hall–Kier alpha value is -0.613. The maximum atomic E-state index is 6.74. The predicted molar refractivity (Wildman–Crippen MR) is 101 cm³/mol. The molecule has 0 spiro atoms. The van der Waals surface area contributed by atoms with E-state index in [4.69, 9.17) is 9.52 Å². The maximum absolute atomic E-state index is 6.74. The molecule has 1 saturated carbocycles. The summed E-state index contributed by atoms with van der Waals surface area (Å²) in [5.74, 6) is 0.715. The summed E-state index contributed by atoms with van der Waals surface area (Å²) in [7, 11) is 0.322. The van der Waals surface area contributed by atoms with Crippen LogP contribution in [0.5, 0.6) is 0 Å². The van der Waals surface area contributed by atoms with Crippen LogP contribution in [0.3, 0.4) is 0 Å². The first-order valence-corrected chi connectivity index (χ1v) is 11.5. The van der Waals surface area contributed by atoms with Gasteiger partial charge in [-0.2, -0.15) is 5.10 Å². The highest BCUT2D eigenvalue weighted by Crippen LogP contribution is 2.43. The summed E-state index contributed by atoms with van der Waals surface area (Å²) in [5, 5.41) is 4.77. The van der Waals surface area contributed by atoms with Crippen LogP contribution in [-0.2, 0) is 17.9 Å². The predicted octanol–water partition coefficient (Wildman–Crippen LogP) is 5.34. The quantitative estimate of drug-likeness (QED) is 0.599. The molecule has 0 bridgehead atoms. The lowest BCUT2D eigenvalue weighted by Crippen LogP contribution is -2.48. The molecule has 1 aromatic rings. The van der Waals surface area contributed by atoms with E-state index in [1.54, 1.807) is 0 Å². The minimum absolute atomic E-state index is 0.653. The zero-order chi connectivity index (χ0) is 17.4. The van der Waals surface area contributed by atoms with Crippen molar-refractivity contribution < 1.29 is 4.43 Å². The number of rotatable bonds is 8. The Balaban J connectivity index is 2.11. The normalized spacial score (nSPS) is 16.1. The minimum Gasteiger partial charge on any atom is -0.416 e. The van der Waals surface area contributed by atoms with Crippen molar-refractivity contribution in [3.8, 4) is 0 Å². The second-order valence-electron chi connectivity index (χ2n) is 8.26. The SMILES string of the molecule is Cc1c(CCO[Si](C(C)C)(C(C)C)C(C)C)c(C2CC2)nn1C. The highest BCUT2D eigenvalue weighted by atomic mass is 28.4. The molecule has 4 heteroatoms. The molecule has 0 saturated heterocycles. The monoisotopic (exact) mass is 336 g/mol. The van der Waals surface area contributed by atoms with Crippen LogP contribution in [0.2, 0.25) is 16.6 Å². The average Bonchev–Trinajstić information content (AvgIpc) is 3.24. The Labute approximate surface area is 143 Å². The lowest BCUT2D eigenvalue weighted by molar-refractivity contribution is 0.281. The third-order valence-corrected chi connectivity index (χ3v) is 12.0. The summed E-state index contributed by atoms with van der Waals surface area (Å²) in [5.41, 5.74) is 6.08. The van der Waals surface area contributed by atoms with Crippen LogP contribution in [0.1, 0.15) is 77.3 Å². The van der Waals surface area contributed by atoms with Crippen molar-refractivity contribution in [3.05, 3.63) is 17.0 Å². The average molecular weight is 337 g/mol. The minimum atomic E-state index is -1.75. The molecule has 1 aliphatic carbocycles. The van der Waals surface area contributed by atoms with Crippen LogP contribution < -0.4 is 0 Å². The van der Waals surface area contributed by atoms with Crippen LogP contribution in [0.4, 0.5) is 0 Å². The lowest BCUT2D eigenvalue weighted by atomic mass is 10.1. The van der Waals surface area contributed by atoms with Crippen molar-refractivity contribution in [2.45, 2.75) is 90.3 Å². The molecular weight excluding hydrogens is 300 g/mol. The van der Waals surface area contributed by atoms with Crippen molar-refractivity contribution in [1.29, 1.82) is 0 Å². The summed E-state index contributed by atoms with van der Waals surface area (Å²) in [6, 6.07) is 0. The van der Waals surface area contributed by atoms with Crippen molar-refractivity contribution in [2.75, 3.05) is 6.61 Å². The zero-order valence-corrected chi connectivity index (χ0v) is 17.4. The van der Waals surface area contributed by atoms with E-state index in [1.807, 2.05) is 0 Å². The fraction of sp³-hybridized carbons (Fsp3) is 0.842. The van der Waals surface area contributed by atoms with Crippen molar-refractivity contribution >= 4 is 8.32 Å². The largest absolute Gasteiger partial charge is 0.416 e. The van der Waals surface area contributed by atoms with E-state index in [0.717, 1.165) is 13.0 Å². The standard InChI is InChI=1S/C19H36N2OSi/c1-13(2)23(14(3)4,15(5)6)22-12-11-18-16(7)21(8)20-19(18)17-9-10-17/h13-15,17H,9-12H2,1-8H3. The van der Waals surface area contributed by atoms with Crippen LogP contribution >= 0.6 is 0 Å². The van der Waals surface area contributed by atoms with Gasteiger partial charge in [-0.25, -0.2) is 0 Å². The molecule has 0 atom stereocenters. The van der Waals surface area contributed by atoms with Gasteiger partial charge in [0, 0.05) is 25.3 Å². The summed E-state index contributed by atoms with van der Waals surface area (Å²) >= 11 is 0. The number of hydrogen-bond donors (Lipinski definition) is 0. The Bertz CT molecular complexity index is 508. The van der Waals surface area contributed by atoms with E-state index in [1.165, 1.54) is 29.8 Å². The van der Waals surface area contributed by atoms with E-state index in [-0.39, 0.29) is 0 Å². The molecule has 23 heavy (non-hydrogen) atoms. The fourth-order valence-electron chi connectivity index (χ4n) is 4.50. The smallest absolute Gasteiger partial charge is 0.200 e. The third kappa shape index (κ3) is 3.58. The first-order chi connectivity index (χ1) is 10.7. The molecule has 0 amide bonds. The maximum Gasteiger partial charge on any atom is 0.200 e. The lowest BCUT2D eigenvalue weighted by Gasteiger charge is -2.42. The third-order valence-electron chi connectivity index (χ3n) is 5.86. The molecule has 1 heterocycles. The molecule has 1 aliphatic rings. The second-order valence-corrected chi connectivity index (χ2v) is 13.7. The van der Waals surface area contributed by atoms with E-state index in [2.05, 4.69) is 60.2 Å². The first kappa shape index (κ1) is 18.7. The van der Waals surface area contributed by atoms with Gasteiger partial charge in [0.1, 0.15) is 0 Å². The molecule has 0 aliphatic heterocycles. The topological polar surface area (TPSA) is 27.1 Å². The summed E-state index contributed by atoms with van der Waals surface area (Å²) in [6.07, 6.45) is 3.65. The number of nitrogens with zero attached hydrogens (tertiary/aromatic N) is 2. The molecule has 0 radical (unpaired) electrons. The van der Waals surface area contributed by atoms with Gasteiger partial charge in [0.05, 0.1) is 5.69 Å². The van der Waals surface area contributed by atoms with E-state index >= 15 is 0 Å². The van der Waals surface area contributed by atoms with Crippen molar-refractivity contribution in [3.63, 3.8) is 0 Å². The number of aryl methyl sites for hydroxylation is 1. The first-order valence-electron chi connectivity index (χ1n) is 9.38. The molecule has 0 N–H and O–H groups in total. The molecule has 132 valence electrons. The van der Waals surface area contributed by atoms with E-state index in [0.29, 0.717) is 22.5 Å². The molecule has 1 aromatic heterocycles. The molecule has 3 nitrogen and oxygen atoms in total. The van der Waals surface area contributed by atoms with Gasteiger partial charge in [0.25, 0.3) is 0 Å². The summed E-state index contributed by atoms with van der Waals surface area (Å²) < 4.78 is 8.80. The van der Waals surface area contributed by atoms with Gasteiger partial charge in [-0.15, -0.1) is 0 Å². The van der Waals surface area contributed by atoms with Crippen LogP contribution in [-0.4, -0.2) is 24.7 Å². The van der Waals surface area contributed by atoms with Crippen LogP contribution in [0.15, 0.2) is 0 Å². The van der Waals surface area contributed by atoms with Gasteiger partial charge in [0.2, 0.25) is 0 Å². The highest BCUT2D eigenvalue weighted by Gasteiger charge is 2.45. The van der Waals surface area contributed by atoms with Crippen LogP contribution in [0.25, 0.3) is 0 Å². The molecule has 2 rings (SSSR count). The Morgan fingerprint density at radius 1 is 1.09 bits per heavy atom. The molecule has 1 fully saturated rings. The van der Waals surface area contributed by atoms with Crippen molar-refractivity contribution in [1.82, 2.24) is 9.78 Å². The van der Waals surface area contributed by atoms with Gasteiger partial charge in [-0.1, -0.05) is 41.5 Å². The van der Waals surface area contributed by atoms with Gasteiger partial charge in [-0.05, 0) is 48.4 Å². The summed E-state index contributed by atoms with van der Waals surface area (Å²) in [4.78, 5) is 0. The number of hydrogen-bond acceptors (Lipinski definition) is 2. The number of aromatic nitrogens is 2. The Morgan fingerprint density at radius 2 is 1.61 bits per heavy atom. The van der Waals surface area contributed by atoms with Gasteiger partial charge in [0.15, 0.2) is 8.32 Å².